The zero-order valence-electron chi connectivity index (χ0n) is 12.7. The Bertz CT molecular complexity index is 643. The van der Waals surface area contributed by atoms with Gasteiger partial charge in [-0.2, -0.15) is 0 Å². The Balaban J connectivity index is 1.65. The largest absolute Gasteiger partial charge is 0.493 e. The molecular formula is C18H20N2O2. The first-order valence-corrected chi connectivity index (χ1v) is 7.51. The number of nitrogens with zero attached hydrogens (tertiary/aromatic N) is 1. The van der Waals surface area contributed by atoms with Gasteiger partial charge < -0.3 is 15.0 Å². The van der Waals surface area contributed by atoms with Crippen molar-refractivity contribution in [2.45, 2.75) is 19.0 Å². The van der Waals surface area contributed by atoms with Crippen LogP contribution in [-0.4, -0.2) is 24.6 Å². The summed E-state index contributed by atoms with van der Waals surface area (Å²) >= 11 is 0. The summed E-state index contributed by atoms with van der Waals surface area (Å²) in [7, 11) is 1.81. The third kappa shape index (κ3) is 3.22. The summed E-state index contributed by atoms with van der Waals surface area (Å²) in [5.74, 6) is 0.866. The summed E-state index contributed by atoms with van der Waals surface area (Å²) in [6, 6.07) is 17.8. The van der Waals surface area contributed by atoms with Gasteiger partial charge in [0.1, 0.15) is 5.75 Å². The fraction of sp³-hybridized carbons (Fsp3) is 0.278. The minimum absolute atomic E-state index is 0.00988. The molecule has 1 atom stereocenters. The van der Waals surface area contributed by atoms with Gasteiger partial charge >= 0.3 is 6.03 Å². The number of ether oxygens (including phenoxy) is 1. The third-order valence-electron chi connectivity index (χ3n) is 3.87. The highest BCUT2D eigenvalue weighted by molar-refractivity contribution is 5.74. The number of fused-ring (bicyclic) bond motifs is 1. The molecule has 0 fully saturated rings. The maximum atomic E-state index is 12.4. The van der Waals surface area contributed by atoms with Crippen LogP contribution in [0.3, 0.4) is 0 Å². The number of para-hydroxylation sites is 1. The fourth-order valence-electron chi connectivity index (χ4n) is 2.68. The Hall–Kier alpha value is -2.49. The van der Waals surface area contributed by atoms with Crippen LogP contribution in [0.5, 0.6) is 5.75 Å². The van der Waals surface area contributed by atoms with Crippen molar-refractivity contribution >= 4 is 6.03 Å². The van der Waals surface area contributed by atoms with E-state index in [1.54, 1.807) is 4.90 Å². The minimum atomic E-state index is -0.0643. The molecule has 0 spiro atoms. The SMILES string of the molecule is CN(Cc1ccccc1)C(=O)NC1CCOc2ccccc21. The molecule has 1 heterocycles. The lowest BCUT2D eigenvalue weighted by atomic mass is 10.0. The molecule has 1 unspecified atom stereocenters. The number of hydrogen-bond acceptors (Lipinski definition) is 2. The highest BCUT2D eigenvalue weighted by Crippen LogP contribution is 2.31. The van der Waals surface area contributed by atoms with Gasteiger partial charge in [0.05, 0.1) is 12.6 Å². The van der Waals surface area contributed by atoms with E-state index >= 15 is 0 Å². The molecule has 0 saturated heterocycles. The smallest absolute Gasteiger partial charge is 0.317 e. The van der Waals surface area contributed by atoms with E-state index in [-0.39, 0.29) is 12.1 Å². The van der Waals surface area contributed by atoms with Crippen LogP contribution in [0.25, 0.3) is 0 Å². The lowest BCUT2D eigenvalue weighted by Crippen LogP contribution is -2.40. The molecule has 2 aromatic carbocycles. The van der Waals surface area contributed by atoms with Gasteiger partial charge in [-0.25, -0.2) is 4.79 Å². The van der Waals surface area contributed by atoms with Gasteiger partial charge in [0.15, 0.2) is 0 Å². The predicted molar refractivity (Wildman–Crippen MR) is 85.7 cm³/mol. The van der Waals surface area contributed by atoms with Gasteiger partial charge in [-0.3, -0.25) is 0 Å². The topological polar surface area (TPSA) is 41.6 Å². The van der Waals surface area contributed by atoms with Crippen molar-refractivity contribution in [2.75, 3.05) is 13.7 Å². The van der Waals surface area contributed by atoms with Crippen LogP contribution in [0.4, 0.5) is 4.79 Å². The number of hydrogen-bond donors (Lipinski definition) is 1. The zero-order valence-corrected chi connectivity index (χ0v) is 12.7. The second-order valence-corrected chi connectivity index (χ2v) is 5.52. The van der Waals surface area contributed by atoms with Crippen molar-refractivity contribution in [1.82, 2.24) is 10.2 Å². The first-order valence-electron chi connectivity index (χ1n) is 7.51. The average molecular weight is 296 g/mol. The van der Waals surface area contributed by atoms with Gasteiger partial charge in [-0.1, -0.05) is 48.5 Å². The molecule has 0 aliphatic carbocycles. The lowest BCUT2D eigenvalue weighted by molar-refractivity contribution is 0.194. The molecule has 3 rings (SSSR count). The van der Waals surface area contributed by atoms with Crippen LogP contribution in [0.1, 0.15) is 23.6 Å². The van der Waals surface area contributed by atoms with Gasteiger partial charge in [-0.15, -0.1) is 0 Å². The van der Waals surface area contributed by atoms with Crippen LogP contribution in [0.2, 0.25) is 0 Å². The van der Waals surface area contributed by atoms with Gasteiger partial charge in [0.2, 0.25) is 0 Å². The second kappa shape index (κ2) is 6.52. The molecule has 0 aromatic heterocycles. The van der Waals surface area contributed by atoms with Gasteiger partial charge in [0, 0.05) is 25.6 Å². The highest BCUT2D eigenvalue weighted by Gasteiger charge is 2.23. The Morgan fingerprint density at radius 2 is 1.91 bits per heavy atom. The molecule has 0 bridgehead atoms. The second-order valence-electron chi connectivity index (χ2n) is 5.52. The Kier molecular flexibility index (Phi) is 4.28. The van der Waals surface area contributed by atoms with Crippen LogP contribution in [-0.2, 0) is 6.54 Å². The zero-order chi connectivity index (χ0) is 15.4. The molecule has 114 valence electrons. The van der Waals surface area contributed by atoms with Crippen LogP contribution in [0.15, 0.2) is 54.6 Å². The van der Waals surface area contributed by atoms with Crippen molar-refractivity contribution in [1.29, 1.82) is 0 Å². The maximum absolute atomic E-state index is 12.4. The fourth-order valence-corrected chi connectivity index (χ4v) is 2.68. The quantitative estimate of drug-likeness (QED) is 0.943. The predicted octanol–water partition coefficient (Wildman–Crippen LogP) is 3.35. The average Bonchev–Trinajstić information content (AvgIpc) is 2.56. The van der Waals surface area contributed by atoms with E-state index in [4.69, 9.17) is 4.74 Å². The summed E-state index contributed by atoms with van der Waals surface area (Å²) in [6.45, 7) is 1.22. The molecule has 0 radical (unpaired) electrons. The molecular weight excluding hydrogens is 276 g/mol. The highest BCUT2D eigenvalue weighted by atomic mass is 16.5. The molecule has 4 heteroatoms. The minimum Gasteiger partial charge on any atom is -0.493 e. The summed E-state index contributed by atoms with van der Waals surface area (Å²) in [4.78, 5) is 14.1. The first-order chi connectivity index (χ1) is 10.7. The molecule has 1 N–H and O–H groups in total. The van der Waals surface area contributed by atoms with Crippen LogP contribution in [0, 0.1) is 0 Å². The third-order valence-corrected chi connectivity index (χ3v) is 3.87. The molecule has 2 amide bonds. The monoisotopic (exact) mass is 296 g/mol. The summed E-state index contributed by atoms with van der Waals surface area (Å²) < 4.78 is 5.63. The van der Waals surface area contributed by atoms with Gasteiger partial charge in [0.25, 0.3) is 0 Å². The van der Waals surface area contributed by atoms with Crippen LogP contribution < -0.4 is 10.1 Å². The summed E-state index contributed by atoms with van der Waals surface area (Å²) in [6.07, 6.45) is 0.794. The Morgan fingerprint density at radius 1 is 1.18 bits per heavy atom. The van der Waals surface area contributed by atoms with Crippen LogP contribution >= 0.6 is 0 Å². The molecule has 4 nitrogen and oxygen atoms in total. The summed E-state index contributed by atoms with van der Waals surface area (Å²) in [5, 5.41) is 3.10. The molecule has 1 aliphatic heterocycles. The lowest BCUT2D eigenvalue weighted by Gasteiger charge is -2.28. The normalized spacial score (nSPS) is 16.3. The maximum Gasteiger partial charge on any atom is 0.317 e. The number of carbonyl (C=O) groups excluding carboxylic acids is 1. The van der Waals surface area contributed by atoms with E-state index in [1.807, 2.05) is 61.6 Å². The molecule has 22 heavy (non-hydrogen) atoms. The van der Waals surface area contributed by atoms with E-state index in [2.05, 4.69) is 5.32 Å². The van der Waals surface area contributed by atoms with E-state index in [0.717, 1.165) is 23.3 Å². The van der Waals surface area contributed by atoms with Crippen molar-refractivity contribution < 1.29 is 9.53 Å². The number of carbonyl (C=O) groups is 1. The number of rotatable bonds is 3. The van der Waals surface area contributed by atoms with E-state index in [0.29, 0.717) is 13.2 Å². The van der Waals surface area contributed by atoms with E-state index in [1.165, 1.54) is 0 Å². The van der Waals surface area contributed by atoms with Gasteiger partial charge in [-0.05, 0) is 11.6 Å². The van der Waals surface area contributed by atoms with E-state index in [9.17, 15) is 4.79 Å². The van der Waals surface area contributed by atoms with Crippen molar-refractivity contribution in [3.63, 3.8) is 0 Å². The molecule has 0 saturated carbocycles. The van der Waals surface area contributed by atoms with Crippen molar-refractivity contribution in [3.8, 4) is 5.75 Å². The molecule has 1 aliphatic rings. The van der Waals surface area contributed by atoms with E-state index < -0.39 is 0 Å². The standard InChI is InChI=1S/C18H20N2O2/c1-20(13-14-7-3-2-4-8-14)18(21)19-16-11-12-22-17-10-6-5-9-15(16)17/h2-10,16H,11-13H2,1H3,(H,19,21). The Morgan fingerprint density at radius 3 is 2.73 bits per heavy atom. The summed E-state index contributed by atoms with van der Waals surface area (Å²) in [5.41, 5.74) is 2.17. The Labute approximate surface area is 130 Å². The number of benzene rings is 2. The number of nitrogens with one attached hydrogen (secondary N) is 1. The number of urea groups is 1. The molecule has 2 aromatic rings. The number of amides is 2. The van der Waals surface area contributed by atoms with Crippen molar-refractivity contribution in [3.05, 3.63) is 65.7 Å². The first kappa shape index (κ1) is 14.4. The van der Waals surface area contributed by atoms with Crippen molar-refractivity contribution in [2.24, 2.45) is 0 Å².